The standard InChI is InChI=1S/C25H29ClN8O3/c1-14-3-5-16(6-4-14)12-34-20-19(17-9-18(26)11-27-10-17)28-22(23-31-25(35)37-32-23)29-21(20)30-24(34)33-7-8-36-13-15(33)2/h9-11,14-16H,3-8,12-13H2,1-2H3,(H,31,32,35)/t14?,15-,16?/m1/s1. The van der Waals surface area contributed by atoms with E-state index < -0.39 is 5.76 Å². The summed E-state index contributed by atoms with van der Waals surface area (Å²) in [6.45, 7) is 7.29. The normalized spacial score (nSPS) is 22.6. The highest BCUT2D eigenvalue weighted by molar-refractivity contribution is 6.30. The molecule has 0 aromatic carbocycles. The number of nitrogens with zero attached hydrogens (tertiary/aromatic N) is 7. The number of imidazole rings is 1. The third-order valence-corrected chi connectivity index (χ3v) is 7.62. The number of ether oxygens (including phenoxy) is 1. The molecule has 37 heavy (non-hydrogen) atoms. The Morgan fingerprint density at radius 3 is 2.70 bits per heavy atom. The fourth-order valence-corrected chi connectivity index (χ4v) is 5.56. The fourth-order valence-electron chi connectivity index (χ4n) is 5.39. The largest absolute Gasteiger partial charge is 0.439 e. The van der Waals surface area contributed by atoms with Gasteiger partial charge in [-0.2, -0.15) is 4.98 Å². The molecule has 2 fully saturated rings. The maximum atomic E-state index is 11.7. The van der Waals surface area contributed by atoms with Crippen molar-refractivity contribution in [1.29, 1.82) is 0 Å². The number of halogens is 1. The number of anilines is 1. The molecule has 4 aromatic heterocycles. The SMILES string of the molecule is CC1CCC(Cn2c(N3CCOC[C@H]3C)nc3nc(-c4noc(=O)[nH]4)nc(-c4cncc(Cl)c4)c32)CC1. The fraction of sp³-hybridized carbons (Fsp3) is 0.520. The summed E-state index contributed by atoms with van der Waals surface area (Å²) in [5.74, 6) is 1.82. The van der Waals surface area contributed by atoms with Crippen molar-refractivity contribution >= 4 is 28.7 Å². The van der Waals surface area contributed by atoms with Gasteiger partial charge in [0.05, 0.1) is 24.3 Å². The molecule has 0 amide bonds. The van der Waals surface area contributed by atoms with Gasteiger partial charge in [0.2, 0.25) is 17.6 Å². The number of aromatic amines is 1. The third kappa shape index (κ3) is 4.73. The summed E-state index contributed by atoms with van der Waals surface area (Å²) >= 11 is 6.34. The lowest BCUT2D eigenvalue weighted by atomic mass is 9.83. The number of hydrogen-bond donors (Lipinski definition) is 1. The second-order valence-corrected chi connectivity index (χ2v) is 10.6. The zero-order valence-corrected chi connectivity index (χ0v) is 21.6. The van der Waals surface area contributed by atoms with E-state index in [2.05, 4.69) is 38.4 Å². The third-order valence-electron chi connectivity index (χ3n) is 7.41. The second kappa shape index (κ2) is 9.86. The molecule has 6 rings (SSSR count). The van der Waals surface area contributed by atoms with E-state index in [1.807, 2.05) is 6.07 Å². The number of hydrogen-bond acceptors (Lipinski definition) is 9. The molecule has 1 saturated carbocycles. The van der Waals surface area contributed by atoms with E-state index in [1.54, 1.807) is 12.4 Å². The van der Waals surface area contributed by atoms with Crippen LogP contribution in [-0.2, 0) is 11.3 Å². The molecule has 0 unspecified atom stereocenters. The van der Waals surface area contributed by atoms with Gasteiger partial charge in [0.1, 0.15) is 11.2 Å². The van der Waals surface area contributed by atoms with E-state index in [0.29, 0.717) is 35.5 Å². The van der Waals surface area contributed by atoms with Crippen LogP contribution in [0.5, 0.6) is 0 Å². The summed E-state index contributed by atoms with van der Waals surface area (Å²) < 4.78 is 12.7. The minimum Gasteiger partial charge on any atom is -0.377 e. The van der Waals surface area contributed by atoms with Crippen molar-refractivity contribution in [3.63, 3.8) is 0 Å². The van der Waals surface area contributed by atoms with Gasteiger partial charge in [-0.3, -0.25) is 14.5 Å². The van der Waals surface area contributed by atoms with Gasteiger partial charge in [0, 0.05) is 31.0 Å². The maximum Gasteiger partial charge on any atom is 0.439 e. The molecule has 2 aliphatic rings. The monoisotopic (exact) mass is 524 g/mol. The molecule has 1 aliphatic carbocycles. The number of H-pyrrole nitrogens is 1. The van der Waals surface area contributed by atoms with Crippen LogP contribution in [0, 0.1) is 11.8 Å². The van der Waals surface area contributed by atoms with E-state index in [-0.39, 0.29) is 17.7 Å². The second-order valence-electron chi connectivity index (χ2n) is 10.2. The number of aromatic nitrogens is 7. The van der Waals surface area contributed by atoms with Crippen molar-refractivity contribution in [2.75, 3.05) is 24.7 Å². The highest BCUT2D eigenvalue weighted by Crippen LogP contribution is 2.36. The van der Waals surface area contributed by atoms with Gasteiger partial charge in [-0.25, -0.2) is 14.8 Å². The first-order chi connectivity index (χ1) is 18.0. The highest BCUT2D eigenvalue weighted by atomic mass is 35.5. The van der Waals surface area contributed by atoms with Crippen LogP contribution in [0.4, 0.5) is 5.95 Å². The van der Waals surface area contributed by atoms with Gasteiger partial charge in [0.15, 0.2) is 5.65 Å². The van der Waals surface area contributed by atoms with Crippen molar-refractivity contribution < 1.29 is 9.26 Å². The predicted octanol–water partition coefficient (Wildman–Crippen LogP) is 3.94. The average molecular weight is 525 g/mol. The first-order valence-corrected chi connectivity index (χ1v) is 13.1. The number of fused-ring (bicyclic) bond motifs is 1. The molecule has 0 bridgehead atoms. The average Bonchev–Trinajstić information content (AvgIpc) is 3.49. The van der Waals surface area contributed by atoms with Crippen LogP contribution in [0.3, 0.4) is 0 Å². The number of morpholine rings is 1. The lowest BCUT2D eigenvalue weighted by molar-refractivity contribution is 0.0976. The molecule has 12 heteroatoms. The number of nitrogens with one attached hydrogen (secondary N) is 1. The molecular formula is C25H29ClN8O3. The molecule has 1 aliphatic heterocycles. The quantitative estimate of drug-likeness (QED) is 0.412. The van der Waals surface area contributed by atoms with Crippen LogP contribution in [0.25, 0.3) is 34.1 Å². The van der Waals surface area contributed by atoms with Crippen LogP contribution in [0.2, 0.25) is 5.02 Å². The molecule has 5 heterocycles. The van der Waals surface area contributed by atoms with Crippen molar-refractivity contribution in [1.82, 2.24) is 34.6 Å². The van der Waals surface area contributed by atoms with E-state index in [9.17, 15) is 4.79 Å². The molecule has 4 aromatic rings. The molecule has 194 valence electrons. The zero-order valence-electron chi connectivity index (χ0n) is 20.9. The zero-order chi connectivity index (χ0) is 25.5. The maximum absolute atomic E-state index is 11.7. The van der Waals surface area contributed by atoms with E-state index in [0.717, 1.165) is 36.0 Å². The number of pyridine rings is 1. The van der Waals surface area contributed by atoms with E-state index >= 15 is 0 Å². The Balaban J connectivity index is 1.58. The Morgan fingerprint density at radius 2 is 1.97 bits per heavy atom. The van der Waals surface area contributed by atoms with Gasteiger partial charge in [-0.15, -0.1) is 0 Å². The lowest BCUT2D eigenvalue weighted by Crippen LogP contribution is -2.45. The molecule has 0 radical (unpaired) electrons. The Hall–Kier alpha value is -3.31. The van der Waals surface area contributed by atoms with Gasteiger partial charge in [0.25, 0.3) is 0 Å². The minimum absolute atomic E-state index is 0.139. The molecule has 1 N–H and O–H groups in total. The summed E-state index contributed by atoms with van der Waals surface area (Å²) in [5, 5.41) is 4.30. The Kier molecular flexibility index (Phi) is 6.41. The Morgan fingerprint density at radius 1 is 1.14 bits per heavy atom. The molecule has 11 nitrogen and oxygen atoms in total. The number of rotatable bonds is 5. The smallest absolute Gasteiger partial charge is 0.377 e. The van der Waals surface area contributed by atoms with E-state index in [1.165, 1.54) is 25.7 Å². The van der Waals surface area contributed by atoms with Crippen LogP contribution < -0.4 is 10.7 Å². The summed E-state index contributed by atoms with van der Waals surface area (Å²) in [5.41, 5.74) is 2.68. The Bertz CT molecular complexity index is 1470. The van der Waals surface area contributed by atoms with Gasteiger partial charge in [-0.1, -0.05) is 36.5 Å². The first-order valence-electron chi connectivity index (χ1n) is 12.8. The summed E-state index contributed by atoms with van der Waals surface area (Å²) in [7, 11) is 0. The van der Waals surface area contributed by atoms with Crippen LogP contribution >= 0.6 is 11.6 Å². The van der Waals surface area contributed by atoms with Crippen LogP contribution in [0.15, 0.2) is 27.8 Å². The molecule has 1 saturated heterocycles. The van der Waals surface area contributed by atoms with Gasteiger partial charge in [-0.05, 0) is 37.7 Å². The first kappa shape index (κ1) is 24.1. The Labute approximate surface area is 218 Å². The van der Waals surface area contributed by atoms with Crippen molar-refractivity contribution in [2.24, 2.45) is 11.8 Å². The predicted molar refractivity (Wildman–Crippen MR) is 138 cm³/mol. The van der Waals surface area contributed by atoms with Crippen molar-refractivity contribution in [3.05, 3.63) is 34.0 Å². The lowest BCUT2D eigenvalue weighted by Gasteiger charge is -2.35. The molecule has 0 spiro atoms. The van der Waals surface area contributed by atoms with Crippen LogP contribution in [-0.4, -0.2) is 60.4 Å². The summed E-state index contributed by atoms with van der Waals surface area (Å²) in [4.78, 5) is 35.4. The molecular weight excluding hydrogens is 496 g/mol. The van der Waals surface area contributed by atoms with Crippen molar-refractivity contribution in [3.8, 4) is 22.9 Å². The highest BCUT2D eigenvalue weighted by Gasteiger charge is 2.30. The minimum atomic E-state index is -0.676. The summed E-state index contributed by atoms with van der Waals surface area (Å²) in [6.07, 6.45) is 8.11. The van der Waals surface area contributed by atoms with Gasteiger partial charge < -0.3 is 14.2 Å². The van der Waals surface area contributed by atoms with Gasteiger partial charge >= 0.3 is 5.76 Å². The summed E-state index contributed by atoms with van der Waals surface area (Å²) in [6, 6.07) is 1.98. The van der Waals surface area contributed by atoms with Crippen LogP contribution in [0.1, 0.15) is 39.5 Å². The van der Waals surface area contributed by atoms with E-state index in [4.69, 9.17) is 35.8 Å². The topological polar surface area (TPSA) is 128 Å². The molecule has 1 atom stereocenters. The van der Waals surface area contributed by atoms with Crippen molar-refractivity contribution in [2.45, 2.75) is 52.1 Å².